The molecule has 2 aromatic heterocycles. The van der Waals surface area contributed by atoms with Gasteiger partial charge in [0.25, 0.3) is 0 Å². The third-order valence-corrected chi connectivity index (χ3v) is 2.67. The molecule has 0 aliphatic rings. The molecule has 0 fully saturated rings. The van der Waals surface area contributed by atoms with Crippen molar-refractivity contribution in [2.45, 2.75) is 26.8 Å². The Bertz CT molecular complexity index is 489. The molecular formula is C10H16N6. The van der Waals surface area contributed by atoms with Crippen LogP contribution in [0.4, 0.5) is 11.8 Å². The lowest BCUT2D eigenvalue weighted by molar-refractivity contribution is 0.559. The SMILES string of the molecule is CC(C)[C@@H](C)Nc1nc(N)nc2nc[nH]c12. The number of anilines is 2. The molecule has 86 valence electrons. The van der Waals surface area contributed by atoms with Crippen LogP contribution in [-0.2, 0) is 0 Å². The molecule has 0 aromatic carbocycles. The van der Waals surface area contributed by atoms with Gasteiger partial charge in [-0.2, -0.15) is 9.97 Å². The molecule has 0 aliphatic carbocycles. The lowest BCUT2D eigenvalue weighted by Crippen LogP contribution is -2.22. The minimum absolute atomic E-state index is 0.234. The molecule has 0 saturated heterocycles. The number of nitrogen functional groups attached to an aromatic ring is 1. The zero-order chi connectivity index (χ0) is 11.7. The van der Waals surface area contributed by atoms with Crippen LogP contribution in [0.25, 0.3) is 11.2 Å². The van der Waals surface area contributed by atoms with E-state index in [0.717, 1.165) is 5.52 Å². The highest BCUT2D eigenvalue weighted by Crippen LogP contribution is 2.19. The molecule has 0 saturated carbocycles. The first-order chi connectivity index (χ1) is 7.58. The molecule has 1 atom stereocenters. The van der Waals surface area contributed by atoms with Crippen LogP contribution in [0.5, 0.6) is 0 Å². The van der Waals surface area contributed by atoms with Gasteiger partial charge in [-0.15, -0.1) is 0 Å². The number of fused-ring (bicyclic) bond motifs is 1. The molecular weight excluding hydrogens is 204 g/mol. The van der Waals surface area contributed by atoms with Gasteiger partial charge < -0.3 is 16.0 Å². The van der Waals surface area contributed by atoms with Gasteiger partial charge in [0, 0.05) is 6.04 Å². The molecule has 2 heterocycles. The van der Waals surface area contributed by atoms with Gasteiger partial charge in [-0.1, -0.05) is 13.8 Å². The fourth-order valence-electron chi connectivity index (χ4n) is 1.34. The van der Waals surface area contributed by atoms with Crippen LogP contribution in [0.15, 0.2) is 6.33 Å². The number of hydrogen-bond donors (Lipinski definition) is 3. The van der Waals surface area contributed by atoms with Gasteiger partial charge in [0.15, 0.2) is 11.5 Å². The summed E-state index contributed by atoms with van der Waals surface area (Å²) >= 11 is 0. The number of aromatic nitrogens is 4. The average Bonchev–Trinajstić information content (AvgIpc) is 2.65. The van der Waals surface area contributed by atoms with E-state index in [1.165, 1.54) is 0 Å². The number of H-pyrrole nitrogens is 1. The average molecular weight is 220 g/mol. The van der Waals surface area contributed by atoms with Gasteiger partial charge in [0.1, 0.15) is 5.52 Å². The van der Waals surface area contributed by atoms with Crippen molar-refractivity contribution >= 4 is 22.9 Å². The molecule has 0 spiro atoms. The quantitative estimate of drug-likeness (QED) is 0.727. The van der Waals surface area contributed by atoms with Crippen molar-refractivity contribution in [2.75, 3.05) is 11.1 Å². The summed E-state index contributed by atoms with van der Waals surface area (Å²) in [6.07, 6.45) is 1.59. The van der Waals surface area contributed by atoms with Gasteiger partial charge in [0.2, 0.25) is 5.95 Å². The van der Waals surface area contributed by atoms with E-state index < -0.39 is 0 Å². The molecule has 0 amide bonds. The van der Waals surface area contributed by atoms with Gasteiger partial charge in [-0.3, -0.25) is 0 Å². The van der Waals surface area contributed by atoms with Crippen LogP contribution in [0.2, 0.25) is 0 Å². The number of nitrogens with one attached hydrogen (secondary N) is 2. The van der Waals surface area contributed by atoms with Gasteiger partial charge in [-0.25, -0.2) is 4.98 Å². The number of rotatable bonds is 3. The summed E-state index contributed by atoms with van der Waals surface area (Å²) in [5.74, 6) is 1.45. The molecule has 6 nitrogen and oxygen atoms in total. The molecule has 0 aliphatic heterocycles. The molecule has 0 radical (unpaired) electrons. The highest BCUT2D eigenvalue weighted by molar-refractivity contribution is 5.83. The second-order valence-electron chi connectivity index (χ2n) is 4.21. The fourth-order valence-corrected chi connectivity index (χ4v) is 1.34. The lowest BCUT2D eigenvalue weighted by Gasteiger charge is -2.18. The maximum Gasteiger partial charge on any atom is 0.224 e. The zero-order valence-corrected chi connectivity index (χ0v) is 9.65. The Morgan fingerprint density at radius 1 is 1.31 bits per heavy atom. The Balaban J connectivity index is 2.39. The van der Waals surface area contributed by atoms with Crippen LogP contribution >= 0.6 is 0 Å². The van der Waals surface area contributed by atoms with Crippen LogP contribution < -0.4 is 11.1 Å². The summed E-state index contributed by atoms with van der Waals surface area (Å²) in [7, 11) is 0. The second kappa shape index (κ2) is 3.96. The fraction of sp³-hybridized carbons (Fsp3) is 0.500. The van der Waals surface area contributed by atoms with E-state index in [4.69, 9.17) is 5.73 Å². The smallest absolute Gasteiger partial charge is 0.224 e. The molecule has 4 N–H and O–H groups in total. The number of hydrogen-bond acceptors (Lipinski definition) is 5. The van der Waals surface area contributed by atoms with Crippen LogP contribution in [0.3, 0.4) is 0 Å². The second-order valence-corrected chi connectivity index (χ2v) is 4.21. The highest BCUT2D eigenvalue weighted by atomic mass is 15.1. The molecule has 0 unspecified atom stereocenters. The topological polar surface area (TPSA) is 92.5 Å². The van der Waals surface area contributed by atoms with E-state index in [-0.39, 0.29) is 5.95 Å². The Hall–Kier alpha value is -1.85. The first-order valence-electron chi connectivity index (χ1n) is 5.31. The van der Waals surface area contributed by atoms with E-state index in [9.17, 15) is 0 Å². The Morgan fingerprint density at radius 2 is 2.06 bits per heavy atom. The normalized spacial score (nSPS) is 13.2. The maximum atomic E-state index is 5.62. The summed E-state index contributed by atoms with van der Waals surface area (Å²) < 4.78 is 0. The summed E-state index contributed by atoms with van der Waals surface area (Å²) in [5, 5.41) is 3.31. The van der Waals surface area contributed by atoms with Crippen LogP contribution in [-0.4, -0.2) is 26.0 Å². The molecule has 0 bridgehead atoms. The van der Waals surface area contributed by atoms with Gasteiger partial charge in [0.05, 0.1) is 6.33 Å². The van der Waals surface area contributed by atoms with Gasteiger partial charge >= 0.3 is 0 Å². The summed E-state index contributed by atoms with van der Waals surface area (Å²) in [5.41, 5.74) is 7.00. The van der Waals surface area contributed by atoms with Crippen molar-refractivity contribution < 1.29 is 0 Å². The molecule has 2 rings (SSSR count). The minimum Gasteiger partial charge on any atom is -0.368 e. The van der Waals surface area contributed by atoms with Crippen LogP contribution in [0, 0.1) is 5.92 Å². The minimum atomic E-state index is 0.234. The standard InChI is InChI=1S/C10H16N6/c1-5(2)6(3)14-9-7-8(13-4-12-7)15-10(11)16-9/h4-6H,1-3H3,(H4,11,12,13,14,15,16)/t6-/m1/s1. The van der Waals surface area contributed by atoms with Gasteiger partial charge in [-0.05, 0) is 12.8 Å². The summed E-state index contributed by atoms with van der Waals surface area (Å²) in [6.45, 7) is 6.39. The van der Waals surface area contributed by atoms with E-state index in [0.29, 0.717) is 23.4 Å². The van der Waals surface area contributed by atoms with Crippen molar-refractivity contribution in [3.8, 4) is 0 Å². The van der Waals surface area contributed by atoms with E-state index in [2.05, 4.69) is 46.0 Å². The third kappa shape index (κ3) is 1.91. The van der Waals surface area contributed by atoms with Crippen molar-refractivity contribution in [1.29, 1.82) is 0 Å². The van der Waals surface area contributed by atoms with E-state index >= 15 is 0 Å². The summed E-state index contributed by atoms with van der Waals surface area (Å²) in [4.78, 5) is 15.3. The molecule has 6 heteroatoms. The largest absolute Gasteiger partial charge is 0.368 e. The molecule has 16 heavy (non-hydrogen) atoms. The van der Waals surface area contributed by atoms with Crippen molar-refractivity contribution in [3.63, 3.8) is 0 Å². The van der Waals surface area contributed by atoms with E-state index in [1.54, 1.807) is 6.33 Å². The number of aromatic amines is 1. The van der Waals surface area contributed by atoms with Crippen molar-refractivity contribution in [3.05, 3.63) is 6.33 Å². The maximum absolute atomic E-state index is 5.62. The number of imidazole rings is 1. The van der Waals surface area contributed by atoms with Crippen molar-refractivity contribution in [1.82, 2.24) is 19.9 Å². The summed E-state index contributed by atoms with van der Waals surface area (Å²) in [6, 6.07) is 0.306. The number of nitrogens with zero attached hydrogens (tertiary/aromatic N) is 3. The Labute approximate surface area is 93.7 Å². The first-order valence-corrected chi connectivity index (χ1v) is 5.31. The Morgan fingerprint density at radius 3 is 2.75 bits per heavy atom. The predicted molar refractivity (Wildman–Crippen MR) is 64.0 cm³/mol. The lowest BCUT2D eigenvalue weighted by atomic mass is 10.1. The van der Waals surface area contributed by atoms with E-state index in [1.807, 2.05) is 0 Å². The first kappa shape index (κ1) is 10.7. The predicted octanol–water partition coefficient (Wildman–Crippen LogP) is 1.39. The monoisotopic (exact) mass is 220 g/mol. The van der Waals surface area contributed by atoms with Crippen LogP contribution in [0.1, 0.15) is 20.8 Å². The third-order valence-electron chi connectivity index (χ3n) is 2.67. The zero-order valence-electron chi connectivity index (χ0n) is 9.65. The van der Waals surface area contributed by atoms with Crippen molar-refractivity contribution in [2.24, 2.45) is 5.92 Å². The number of nitrogens with two attached hydrogens (primary N) is 1. The highest BCUT2D eigenvalue weighted by Gasteiger charge is 2.12. The molecule has 2 aromatic rings. The Kier molecular flexibility index (Phi) is 2.64.